The maximum Gasteiger partial charge on any atom is 0.300 e. The van der Waals surface area contributed by atoms with Crippen molar-refractivity contribution in [3.8, 4) is 11.5 Å². The number of benzene rings is 2. The number of ether oxygens (including phenoxy) is 2. The van der Waals surface area contributed by atoms with Gasteiger partial charge in [0.05, 0.1) is 17.9 Å². The second kappa shape index (κ2) is 7.04. The van der Waals surface area contributed by atoms with Gasteiger partial charge in [-0.3, -0.25) is 19.4 Å². The first kappa shape index (κ1) is 17.5. The number of fused-ring (bicyclic) bond motifs is 2. The molecule has 6 nitrogen and oxygen atoms in total. The van der Waals surface area contributed by atoms with Crippen molar-refractivity contribution in [2.75, 3.05) is 31.3 Å². The molecule has 0 bridgehead atoms. The molecule has 2 aliphatic rings. The highest BCUT2D eigenvalue weighted by Gasteiger charge is 2.38. The van der Waals surface area contributed by atoms with Crippen LogP contribution in [0.1, 0.15) is 28.4 Å². The molecule has 0 aromatic heterocycles. The van der Waals surface area contributed by atoms with Crippen LogP contribution >= 0.6 is 0 Å². The van der Waals surface area contributed by atoms with E-state index >= 15 is 0 Å². The van der Waals surface area contributed by atoms with Crippen molar-refractivity contribution in [3.63, 3.8) is 0 Å². The number of carbonyl (C=O) groups excluding carboxylic acids is 2. The molecule has 2 aromatic carbocycles. The van der Waals surface area contributed by atoms with E-state index in [1.165, 1.54) is 16.0 Å². The Morgan fingerprint density at radius 2 is 1.81 bits per heavy atom. The number of carbonyl (C=O) groups is 2. The van der Waals surface area contributed by atoms with Gasteiger partial charge in [-0.1, -0.05) is 36.8 Å². The highest BCUT2D eigenvalue weighted by molar-refractivity contribution is 6.52. The molecule has 6 heteroatoms. The minimum atomic E-state index is -0.505. The summed E-state index contributed by atoms with van der Waals surface area (Å²) in [5, 5.41) is 0. The molecule has 0 atom stereocenters. The van der Waals surface area contributed by atoms with E-state index in [-0.39, 0.29) is 0 Å². The van der Waals surface area contributed by atoms with Crippen LogP contribution in [0.25, 0.3) is 0 Å². The third-order valence-electron chi connectivity index (χ3n) is 4.91. The van der Waals surface area contributed by atoms with Gasteiger partial charge >= 0.3 is 5.91 Å². The second-order valence-electron chi connectivity index (χ2n) is 6.85. The van der Waals surface area contributed by atoms with Crippen molar-refractivity contribution in [1.29, 1.82) is 0 Å². The molecule has 0 saturated heterocycles. The van der Waals surface area contributed by atoms with Crippen LogP contribution in [0.4, 0.5) is 5.69 Å². The molecule has 0 radical (unpaired) electrons. The number of hydrogen-bond acceptors (Lipinski definition) is 5. The zero-order valence-electron chi connectivity index (χ0n) is 15.5. The second-order valence-corrected chi connectivity index (χ2v) is 6.85. The van der Waals surface area contributed by atoms with E-state index in [0.29, 0.717) is 49.2 Å². The Hall–Kier alpha value is -2.86. The minimum absolute atomic E-state index is 0.349. The maximum absolute atomic E-state index is 12.6. The minimum Gasteiger partial charge on any atom is -0.486 e. The molecule has 0 N–H and O–H groups in total. The number of ketones is 1. The molecule has 1 amide bonds. The fourth-order valence-corrected chi connectivity index (χ4v) is 3.50. The van der Waals surface area contributed by atoms with E-state index in [1.807, 2.05) is 13.0 Å². The molecule has 2 aliphatic heterocycles. The molecule has 0 saturated carbocycles. The van der Waals surface area contributed by atoms with Gasteiger partial charge in [-0.05, 0) is 25.1 Å². The number of Topliss-reactive ketones (excluding diaryl/α,β-unsaturated/α-hetero) is 1. The fraction of sp³-hybridized carbons (Fsp3) is 0.333. The standard InChI is InChI=1S/C21H22N2O4/c1-3-22(12-15-6-4-5-14(2)9-15)13-23-17-11-19-18(26-7-8-27-19)10-16(17)20(24)21(23)25/h4-6,9-11H,3,7-8,12-13H2,1-2H3. The van der Waals surface area contributed by atoms with E-state index < -0.39 is 11.7 Å². The third kappa shape index (κ3) is 3.28. The lowest BCUT2D eigenvalue weighted by Gasteiger charge is -2.27. The highest BCUT2D eigenvalue weighted by atomic mass is 16.6. The first-order valence-corrected chi connectivity index (χ1v) is 9.14. The molecule has 140 valence electrons. The molecular weight excluding hydrogens is 344 g/mol. The van der Waals surface area contributed by atoms with Crippen LogP contribution in [0, 0.1) is 6.92 Å². The van der Waals surface area contributed by atoms with Gasteiger partial charge in [0, 0.05) is 12.6 Å². The van der Waals surface area contributed by atoms with Crippen LogP contribution in [0.15, 0.2) is 36.4 Å². The molecule has 4 rings (SSSR count). The number of amides is 1. The summed E-state index contributed by atoms with van der Waals surface area (Å²) < 4.78 is 11.2. The predicted octanol–water partition coefficient (Wildman–Crippen LogP) is 2.78. The van der Waals surface area contributed by atoms with Crippen molar-refractivity contribution < 1.29 is 19.1 Å². The molecule has 0 unspecified atom stereocenters. The van der Waals surface area contributed by atoms with E-state index in [9.17, 15) is 9.59 Å². The average Bonchev–Trinajstić information content (AvgIpc) is 2.90. The normalized spacial score (nSPS) is 15.4. The van der Waals surface area contributed by atoms with E-state index in [2.05, 4.69) is 30.0 Å². The van der Waals surface area contributed by atoms with Crippen LogP contribution < -0.4 is 14.4 Å². The topological polar surface area (TPSA) is 59.1 Å². The Labute approximate surface area is 158 Å². The zero-order chi connectivity index (χ0) is 19.0. The lowest BCUT2D eigenvalue weighted by atomic mass is 10.1. The van der Waals surface area contributed by atoms with Crippen molar-refractivity contribution in [3.05, 3.63) is 53.1 Å². The summed E-state index contributed by atoms with van der Waals surface area (Å²) in [6.45, 7) is 6.82. The molecular formula is C21H22N2O4. The van der Waals surface area contributed by atoms with Crippen molar-refractivity contribution in [1.82, 2.24) is 4.90 Å². The summed E-state index contributed by atoms with van der Waals surface area (Å²) in [6.07, 6.45) is 0. The fourth-order valence-electron chi connectivity index (χ4n) is 3.50. The van der Waals surface area contributed by atoms with E-state index in [4.69, 9.17) is 9.47 Å². The Bertz CT molecular complexity index is 909. The average molecular weight is 366 g/mol. The summed E-state index contributed by atoms with van der Waals surface area (Å²) >= 11 is 0. The van der Waals surface area contributed by atoms with E-state index in [1.54, 1.807) is 12.1 Å². The van der Waals surface area contributed by atoms with Gasteiger partial charge in [0.2, 0.25) is 0 Å². The maximum atomic E-state index is 12.6. The summed E-state index contributed by atoms with van der Waals surface area (Å²) in [4.78, 5) is 28.7. The van der Waals surface area contributed by atoms with Crippen molar-refractivity contribution >= 4 is 17.4 Å². The molecule has 0 aliphatic carbocycles. The predicted molar refractivity (Wildman–Crippen MR) is 101 cm³/mol. The Morgan fingerprint density at radius 1 is 1.07 bits per heavy atom. The lowest BCUT2D eigenvalue weighted by Crippen LogP contribution is -2.40. The summed E-state index contributed by atoms with van der Waals surface area (Å²) in [5.41, 5.74) is 3.36. The first-order chi connectivity index (χ1) is 13.1. The van der Waals surface area contributed by atoms with Gasteiger partial charge in [0.25, 0.3) is 5.78 Å². The Kier molecular flexibility index (Phi) is 4.58. The largest absolute Gasteiger partial charge is 0.486 e. The zero-order valence-corrected chi connectivity index (χ0v) is 15.5. The smallest absolute Gasteiger partial charge is 0.300 e. The number of hydrogen-bond donors (Lipinski definition) is 0. The summed E-state index contributed by atoms with van der Waals surface area (Å²) in [6, 6.07) is 11.7. The van der Waals surface area contributed by atoms with Gasteiger partial charge in [-0.25, -0.2) is 0 Å². The first-order valence-electron chi connectivity index (χ1n) is 9.14. The molecule has 0 fully saturated rings. The van der Waals surface area contributed by atoms with Crippen LogP contribution in [0.3, 0.4) is 0 Å². The number of aryl methyl sites for hydroxylation is 1. The van der Waals surface area contributed by atoms with Gasteiger partial charge in [-0.2, -0.15) is 0 Å². The van der Waals surface area contributed by atoms with Crippen LogP contribution in [-0.4, -0.2) is 43.0 Å². The van der Waals surface area contributed by atoms with Crippen LogP contribution in [0.5, 0.6) is 11.5 Å². The quantitative estimate of drug-likeness (QED) is 0.762. The third-order valence-corrected chi connectivity index (χ3v) is 4.91. The van der Waals surface area contributed by atoms with Crippen LogP contribution in [-0.2, 0) is 11.3 Å². The van der Waals surface area contributed by atoms with Gasteiger partial charge in [0.15, 0.2) is 11.5 Å². The van der Waals surface area contributed by atoms with Gasteiger partial charge < -0.3 is 9.47 Å². The van der Waals surface area contributed by atoms with Crippen molar-refractivity contribution in [2.45, 2.75) is 20.4 Å². The number of rotatable bonds is 5. The lowest BCUT2D eigenvalue weighted by molar-refractivity contribution is -0.114. The summed E-state index contributed by atoms with van der Waals surface area (Å²) in [7, 11) is 0. The Balaban J connectivity index is 1.60. The molecule has 2 aromatic rings. The van der Waals surface area contributed by atoms with Crippen molar-refractivity contribution in [2.24, 2.45) is 0 Å². The molecule has 0 spiro atoms. The summed E-state index contributed by atoms with van der Waals surface area (Å²) in [5.74, 6) is 0.105. The number of nitrogens with zero attached hydrogens (tertiary/aromatic N) is 2. The number of anilines is 1. The van der Waals surface area contributed by atoms with Gasteiger partial charge in [0.1, 0.15) is 13.2 Å². The highest BCUT2D eigenvalue weighted by Crippen LogP contribution is 2.40. The molecule has 2 heterocycles. The molecule has 27 heavy (non-hydrogen) atoms. The Morgan fingerprint density at radius 3 is 2.52 bits per heavy atom. The van der Waals surface area contributed by atoms with Gasteiger partial charge in [-0.15, -0.1) is 0 Å². The monoisotopic (exact) mass is 366 g/mol. The SMILES string of the molecule is CCN(Cc1cccc(C)c1)CN1C(=O)C(=O)c2cc3c(cc21)OCCO3. The van der Waals surface area contributed by atoms with E-state index in [0.717, 1.165) is 6.54 Å². The van der Waals surface area contributed by atoms with Crippen LogP contribution in [0.2, 0.25) is 0 Å².